The highest BCUT2D eigenvalue weighted by Crippen LogP contribution is 1.92. The number of hydrogen-bond acceptors (Lipinski definition) is 4. The van der Waals surface area contributed by atoms with Gasteiger partial charge in [0.1, 0.15) is 0 Å². The first-order valence-corrected chi connectivity index (χ1v) is 3.19. The van der Waals surface area contributed by atoms with E-state index in [9.17, 15) is 9.59 Å². The van der Waals surface area contributed by atoms with Crippen molar-refractivity contribution in [1.29, 1.82) is 0 Å². The molecule has 0 aromatic rings. The van der Waals surface area contributed by atoms with Crippen molar-refractivity contribution in [2.75, 3.05) is 20.2 Å². The molecule has 0 atom stereocenters. The van der Waals surface area contributed by atoms with Gasteiger partial charge in [-0.15, -0.1) is 6.42 Å². The van der Waals surface area contributed by atoms with Crippen LogP contribution in [0.5, 0.6) is 0 Å². The van der Waals surface area contributed by atoms with Gasteiger partial charge >= 0.3 is 6.09 Å². The highest BCUT2D eigenvalue weighted by Gasteiger charge is 2.18. The fourth-order valence-corrected chi connectivity index (χ4v) is 0.566. The van der Waals surface area contributed by atoms with E-state index >= 15 is 0 Å². The van der Waals surface area contributed by atoms with Crippen molar-refractivity contribution < 1.29 is 14.3 Å². The standard InChI is InChI=1S/C7H10N2O3/c1-3-4-9(6(10)5-8)7(11)12-2/h1H,4-5,8H2,2H3. The predicted molar refractivity (Wildman–Crippen MR) is 42.0 cm³/mol. The molecule has 0 rings (SSSR count). The van der Waals surface area contributed by atoms with Crippen molar-refractivity contribution in [2.24, 2.45) is 5.73 Å². The lowest BCUT2D eigenvalue weighted by atomic mass is 10.5. The van der Waals surface area contributed by atoms with Gasteiger partial charge in [-0.1, -0.05) is 5.92 Å². The number of methoxy groups -OCH3 is 1. The van der Waals surface area contributed by atoms with Gasteiger partial charge in [0.25, 0.3) is 0 Å². The summed E-state index contributed by atoms with van der Waals surface area (Å²) in [7, 11) is 1.16. The van der Waals surface area contributed by atoms with Gasteiger partial charge < -0.3 is 10.5 Å². The van der Waals surface area contributed by atoms with Crippen LogP contribution in [0.2, 0.25) is 0 Å². The van der Waals surface area contributed by atoms with Crippen molar-refractivity contribution in [3.05, 3.63) is 0 Å². The molecule has 0 aromatic heterocycles. The van der Waals surface area contributed by atoms with Crippen LogP contribution in [0.25, 0.3) is 0 Å². The quantitative estimate of drug-likeness (QED) is 0.549. The van der Waals surface area contributed by atoms with Gasteiger partial charge in [-0.2, -0.15) is 0 Å². The number of carbonyl (C=O) groups is 2. The Kier molecular flexibility index (Phi) is 4.49. The second-order valence-electron chi connectivity index (χ2n) is 1.86. The average Bonchev–Trinajstić information content (AvgIpc) is 2.11. The first kappa shape index (κ1) is 10.5. The third kappa shape index (κ3) is 2.60. The summed E-state index contributed by atoms with van der Waals surface area (Å²) in [4.78, 5) is 22.5. The Hall–Kier alpha value is -1.54. The van der Waals surface area contributed by atoms with Crippen LogP contribution in [0.3, 0.4) is 0 Å². The van der Waals surface area contributed by atoms with Gasteiger partial charge in [0.05, 0.1) is 20.2 Å². The first-order valence-electron chi connectivity index (χ1n) is 3.19. The van der Waals surface area contributed by atoms with Crippen LogP contribution in [0.4, 0.5) is 4.79 Å². The van der Waals surface area contributed by atoms with Crippen molar-refractivity contribution in [1.82, 2.24) is 4.90 Å². The second-order valence-corrected chi connectivity index (χ2v) is 1.86. The fraction of sp³-hybridized carbons (Fsp3) is 0.429. The summed E-state index contributed by atoms with van der Waals surface area (Å²) in [6.45, 7) is -0.389. The number of hydrogen-bond donors (Lipinski definition) is 1. The van der Waals surface area contributed by atoms with Gasteiger partial charge in [-0.25, -0.2) is 9.69 Å². The molecule has 5 heteroatoms. The van der Waals surface area contributed by atoms with E-state index in [1.54, 1.807) is 0 Å². The summed E-state index contributed by atoms with van der Waals surface area (Å²) in [5.41, 5.74) is 5.03. The Morgan fingerprint density at radius 2 is 2.25 bits per heavy atom. The van der Waals surface area contributed by atoms with Gasteiger partial charge in [-0.05, 0) is 0 Å². The lowest BCUT2D eigenvalue weighted by molar-refractivity contribution is -0.127. The molecule has 0 saturated heterocycles. The summed E-state index contributed by atoms with van der Waals surface area (Å²) in [6.07, 6.45) is 4.13. The molecule has 0 saturated carbocycles. The summed E-state index contributed by atoms with van der Waals surface area (Å²) >= 11 is 0. The van der Waals surface area contributed by atoms with Gasteiger partial charge in [0.15, 0.2) is 0 Å². The normalized spacial score (nSPS) is 8.42. The van der Waals surface area contributed by atoms with E-state index in [1.165, 1.54) is 0 Å². The maximum atomic E-state index is 10.9. The smallest absolute Gasteiger partial charge is 0.417 e. The zero-order valence-corrected chi connectivity index (χ0v) is 6.74. The average molecular weight is 170 g/mol. The van der Waals surface area contributed by atoms with E-state index in [4.69, 9.17) is 12.2 Å². The zero-order chi connectivity index (χ0) is 9.56. The fourth-order valence-electron chi connectivity index (χ4n) is 0.566. The summed E-state index contributed by atoms with van der Waals surface area (Å²) in [5, 5.41) is 0. The minimum atomic E-state index is -0.789. The number of carbonyl (C=O) groups excluding carboxylic acids is 2. The highest BCUT2D eigenvalue weighted by molar-refractivity contribution is 5.93. The van der Waals surface area contributed by atoms with Crippen molar-refractivity contribution in [2.45, 2.75) is 0 Å². The van der Waals surface area contributed by atoms with Crippen molar-refractivity contribution >= 4 is 12.0 Å². The molecule has 0 fully saturated rings. The molecule has 0 radical (unpaired) electrons. The Bertz CT molecular complexity index is 203. The number of nitrogens with two attached hydrogens (primary N) is 1. The number of ether oxygens (including phenoxy) is 1. The largest absolute Gasteiger partial charge is 0.452 e. The van der Waals surface area contributed by atoms with Crippen LogP contribution < -0.4 is 5.73 Å². The monoisotopic (exact) mass is 170 g/mol. The van der Waals surface area contributed by atoms with Crippen LogP contribution in [0.1, 0.15) is 0 Å². The molecule has 2 N–H and O–H groups in total. The molecule has 0 aromatic carbocycles. The Balaban J connectivity index is 4.34. The molecule has 0 aliphatic rings. The lowest BCUT2D eigenvalue weighted by Crippen LogP contribution is -2.40. The third-order valence-electron chi connectivity index (χ3n) is 1.12. The molecular weight excluding hydrogens is 160 g/mol. The Morgan fingerprint density at radius 3 is 2.58 bits per heavy atom. The number of imide groups is 1. The first-order chi connectivity index (χ1) is 5.67. The molecule has 5 nitrogen and oxygen atoms in total. The lowest BCUT2D eigenvalue weighted by Gasteiger charge is -2.14. The summed E-state index contributed by atoms with van der Waals surface area (Å²) in [5.74, 6) is 1.59. The minimum Gasteiger partial charge on any atom is -0.452 e. The van der Waals surface area contributed by atoms with Gasteiger partial charge in [0, 0.05) is 0 Å². The molecule has 0 unspecified atom stereocenters. The van der Waals surface area contributed by atoms with E-state index in [0.717, 1.165) is 12.0 Å². The Morgan fingerprint density at radius 1 is 1.67 bits per heavy atom. The summed E-state index contributed by atoms with van der Waals surface area (Å²) in [6, 6.07) is 0. The van der Waals surface area contributed by atoms with E-state index < -0.39 is 12.0 Å². The van der Waals surface area contributed by atoms with Crippen molar-refractivity contribution in [3.63, 3.8) is 0 Å². The number of nitrogens with zero attached hydrogens (tertiary/aromatic N) is 1. The SMILES string of the molecule is C#CCN(C(=O)CN)C(=O)OC. The molecule has 0 spiro atoms. The number of terminal acetylenes is 1. The number of amides is 2. The second kappa shape index (κ2) is 5.16. The molecule has 66 valence electrons. The van der Waals surface area contributed by atoms with E-state index in [-0.39, 0.29) is 13.1 Å². The van der Waals surface area contributed by atoms with E-state index in [1.807, 2.05) is 0 Å². The van der Waals surface area contributed by atoms with E-state index in [2.05, 4.69) is 10.7 Å². The minimum absolute atomic E-state index is 0.122. The summed E-state index contributed by atoms with van der Waals surface area (Å²) < 4.78 is 4.30. The van der Waals surface area contributed by atoms with Crippen LogP contribution >= 0.6 is 0 Å². The predicted octanol–water partition coefficient (Wildman–Crippen LogP) is -0.827. The van der Waals surface area contributed by atoms with Gasteiger partial charge in [-0.3, -0.25) is 4.79 Å². The van der Waals surface area contributed by atoms with Crippen LogP contribution in [-0.4, -0.2) is 37.1 Å². The zero-order valence-electron chi connectivity index (χ0n) is 6.74. The molecule has 12 heavy (non-hydrogen) atoms. The highest BCUT2D eigenvalue weighted by atomic mass is 16.5. The van der Waals surface area contributed by atoms with Crippen LogP contribution in [0, 0.1) is 12.3 Å². The molecule has 2 amide bonds. The maximum Gasteiger partial charge on any atom is 0.417 e. The topological polar surface area (TPSA) is 72.6 Å². The maximum absolute atomic E-state index is 10.9. The molecule has 0 bridgehead atoms. The van der Waals surface area contributed by atoms with Gasteiger partial charge in [0.2, 0.25) is 5.91 Å². The van der Waals surface area contributed by atoms with Crippen LogP contribution in [-0.2, 0) is 9.53 Å². The molecule has 0 aliphatic carbocycles. The number of rotatable bonds is 2. The van der Waals surface area contributed by atoms with Crippen LogP contribution in [0.15, 0.2) is 0 Å². The molecule has 0 aliphatic heterocycles. The molecular formula is C7H10N2O3. The third-order valence-corrected chi connectivity index (χ3v) is 1.12. The Labute approximate surface area is 70.5 Å². The molecule has 0 heterocycles. The van der Waals surface area contributed by atoms with Crippen molar-refractivity contribution in [3.8, 4) is 12.3 Å². The van der Waals surface area contributed by atoms with E-state index in [0.29, 0.717) is 0 Å².